The lowest BCUT2D eigenvalue weighted by atomic mass is 10.3. The third-order valence-electron chi connectivity index (χ3n) is 2.98. The number of ether oxygens (including phenoxy) is 2. The summed E-state index contributed by atoms with van der Waals surface area (Å²) in [7, 11) is -3.87. The molecule has 0 fully saturated rings. The van der Waals surface area contributed by atoms with Gasteiger partial charge in [0.05, 0.1) is 13.2 Å². The summed E-state index contributed by atoms with van der Waals surface area (Å²) in [5, 5.41) is 17.7. The van der Waals surface area contributed by atoms with Crippen molar-refractivity contribution in [2.45, 2.75) is 9.79 Å². The summed E-state index contributed by atoms with van der Waals surface area (Å²) in [5.41, 5.74) is 0. The molecule has 0 aliphatic carbocycles. The van der Waals surface area contributed by atoms with Crippen molar-refractivity contribution < 1.29 is 28.1 Å². The third-order valence-corrected chi connectivity index (χ3v) is 4.81. The van der Waals surface area contributed by atoms with Gasteiger partial charge in [-0.15, -0.1) is 0 Å². The first-order chi connectivity index (χ1) is 11.1. The molecule has 2 aromatic carbocycles. The quantitative estimate of drug-likeness (QED) is 0.753. The van der Waals surface area contributed by atoms with E-state index in [2.05, 4.69) is 0 Å². The average molecular weight is 338 g/mol. The Bertz CT molecular complexity index is 684. The molecule has 0 saturated heterocycles. The van der Waals surface area contributed by atoms with Gasteiger partial charge in [-0.1, -0.05) is 24.3 Å². The van der Waals surface area contributed by atoms with Gasteiger partial charge in [-0.25, -0.2) is 8.42 Å². The molecular formula is C16H18O6S. The molecule has 0 aliphatic heterocycles. The predicted octanol–water partition coefficient (Wildman–Crippen LogP) is 1.26. The molecule has 124 valence electrons. The van der Waals surface area contributed by atoms with Crippen molar-refractivity contribution in [2.24, 2.45) is 0 Å². The van der Waals surface area contributed by atoms with Crippen LogP contribution in [-0.4, -0.2) is 45.1 Å². The Balaban J connectivity index is 2.47. The number of hydrogen-bond acceptors (Lipinski definition) is 6. The van der Waals surface area contributed by atoms with Crippen LogP contribution >= 0.6 is 0 Å². The number of rotatable bonds is 8. The van der Waals surface area contributed by atoms with E-state index in [0.29, 0.717) is 0 Å². The number of para-hydroxylation sites is 2. The molecule has 23 heavy (non-hydrogen) atoms. The second-order valence-corrected chi connectivity index (χ2v) is 6.43. The van der Waals surface area contributed by atoms with Crippen molar-refractivity contribution in [3.63, 3.8) is 0 Å². The molecule has 2 rings (SSSR count). The molecule has 0 heterocycles. The minimum absolute atomic E-state index is 0.00477. The van der Waals surface area contributed by atoms with E-state index < -0.39 is 9.84 Å². The first kappa shape index (κ1) is 17.3. The van der Waals surface area contributed by atoms with Crippen molar-refractivity contribution in [1.29, 1.82) is 0 Å². The van der Waals surface area contributed by atoms with Gasteiger partial charge >= 0.3 is 0 Å². The molecule has 0 atom stereocenters. The van der Waals surface area contributed by atoms with Crippen LogP contribution in [0.5, 0.6) is 11.5 Å². The molecule has 0 bridgehead atoms. The molecule has 2 N–H and O–H groups in total. The van der Waals surface area contributed by atoms with Crippen LogP contribution in [0.2, 0.25) is 0 Å². The summed E-state index contributed by atoms with van der Waals surface area (Å²) in [6.45, 7) is -0.445. The van der Waals surface area contributed by atoms with Gasteiger partial charge in [-0.3, -0.25) is 0 Å². The Morgan fingerprint density at radius 2 is 1.13 bits per heavy atom. The van der Waals surface area contributed by atoms with Crippen molar-refractivity contribution in [1.82, 2.24) is 0 Å². The highest BCUT2D eigenvalue weighted by molar-refractivity contribution is 7.91. The lowest BCUT2D eigenvalue weighted by Gasteiger charge is -2.14. The number of benzene rings is 2. The van der Waals surface area contributed by atoms with Crippen LogP contribution < -0.4 is 9.47 Å². The summed E-state index contributed by atoms with van der Waals surface area (Å²) >= 11 is 0. The summed E-state index contributed by atoms with van der Waals surface area (Å²) in [6, 6.07) is 12.4. The second kappa shape index (κ2) is 7.96. The van der Waals surface area contributed by atoms with E-state index in [4.69, 9.17) is 19.7 Å². The molecule has 2 aromatic rings. The van der Waals surface area contributed by atoms with E-state index >= 15 is 0 Å². The zero-order chi connectivity index (χ0) is 16.7. The Morgan fingerprint density at radius 3 is 1.52 bits per heavy atom. The minimum Gasteiger partial charge on any atom is -0.490 e. The first-order valence-corrected chi connectivity index (χ1v) is 8.50. The van der Waals surface area contributed by atoms with Gasteiger partial charge in [0.15, 0.2) is 0 Å². The van der Waals surface area contributed by atoms with Crippen LogP contribution in [-0.2, 0) is 9.84 Å². The van der Waals surface area contributed by atoms with E-state index in [1.807, 2.05) is 0 Å². The van der Waals surface area contributed by atoms with Gasteiger partial charge in [0.1, 0.15) is 34.5 Å². The molecule has 0 spiro atoms. The number of aliphatic hydroxyl groups excluding tert-OH is 2. The lowest BCUT2D eigenvalue weighted by Crippen LogP contribution is -2.10. The molecule has 7 heteroatoms. The maximum absolute atomic E-state index is 12.9. The van der Waals surface area contributed by atoms with Crippen molar-refractivity contribution in [3.05, 3.63) is 48.5 Å². The minimum atomic E-state index is -3.87. The number of hydrogen-bond donors (Lipinski definition) is 2. The Kier molecular flexibility index (Phi) is 5.97. The fourth-order valence-electron chi connectivity index (χ4n) is 2.01. The molecular weight excluding hydrogens is 320 g/mol. The van der Waals surface area contributed by atoms with E-state index in [0.717, 1.165) is 0 Å². The highest BCUT2D eigenvalue weighted by atomic mass is 32.2. The van der Waals surface area contributed by atoms with Crippen LogP contribution in [0.4, 0.5) is 0 Å². The fraction of sp³-hybridized carbons (Fsp3) is 0.250. The van der Waals surface area contributed by atoms with Crippen LogP contribution in [0.1, 0.15) is 0 Å². The average Bonchev–Trinajstić information content (AvgIpc) is 2.58. The summed E-state index contributed by atoms with van der Waals surface area (Å²) < 4.78 is 36.4. The maximum Gasteiger partial charge on any atom is 0.213 e. The largest absolute Gasteiger partial charge is 0.490 e. The van der Waals surface area contributed by atoms with Crippen molar-refractivity contribution in [2.75, 3.05) is 26.4 Å². The first-order valence-electron chi connectivity index (χ1n) is 7.01. The van der Waals surface area contributed by atoms with Gasteiger partial charge in [-0.2, -0.15) is 0 Å². The maximum atomic E-state index is 12.9. The van der Waals surface area contributed by atoms with E-state index in [1.54, 1.807) is 24.3 Å². The third kappa shape index (κ3) is 4.01. The summed E-state index contributed by atoms with van der Waals surface area (Å²) in [4.78, 5) is -0.0120. The van der Waals surface area contributed by atoms with Gasteiger partial charge in [0.2, 0.25) is 9.84 Å². The lowest BCUT2D eigenvalue weighted by molar-refractivity contribution is 0.197. The zero-order valence-corrected chi connectivity index (χ0v) is 13.2. The fourth-order valence-corrected chi connectivity index (χ4v) is 3.55. The van der Waals surface area contributed by atoms with Crippen LogP contribution in [0.25, 0.3) is 0 Å². The normalized spacial score (nSPS) is 11.2. The highest BCUT2D eigenvalue weighted by Crippen LogP contribution is 2.34. The van der Waals surface area contributed by atoms with E-state index in [1.165, 1.54) is 24.3 Å². The molecule has 0 saturated carbocycles. The molecule has 0 amide bonds. The predicted molar refractivity (Wildman–Crippen MR) is 83.5 cm³/mol. The molecule has 0 aliphatic rings. The van der Waals surface area contributed by atoms with Crippen LogP contribution in [0.3, 0.4) is 0 Å². The summed E-state index contributed by atoms with van der Waals surface area (Å²) in [5.74, 6) is 0.331. The summed E-state index contributed by atoms with van der Waals surface area (Å²) in [6.07, 6.45) is 0. The van der Waals surface area contributed by atoms with Crippen LogP contribution in [0.15, 0.2) is 58.3 Å². The van der Waals surface area contributed by atoms with Gasteiger partial charge in [0.25, 0.3) is 0 Å². The molecule has 0 radical (unpaired) electrons. The molecule has 0 aromatic heterocycles. The smallest absolute Gasteiger partial charge is 0.213 e. The van der Waals surface area contributed by atoms with Gasteiger partial charge in [-0.05, 0) is 24.3 Å². The Hall–Kier alpha value is -2.09. The highest BCUT2D eigenvalue weighted by Gasteiger charge is 2.25. The van der Waals surface area contributed by atoms with Gasteiger partial charge in [0, 0.05) is 0 Å². The van der Waals surface area contributed by atoms with E-state index in [9.17, 15) is 8.42 Å². The Morgan fingerprint density at radius 1 is 0.739 bits per heavy atom. The molecule has 6 nitrogen and oxygen atoms in total. The van der Waals surface area contributed by atoms with Crippen molar-refractivity contribution in [3.8, 4) is 11.5 Å². The van der Waals surface area contributed by atoms with Crippen LogP contribution in [0, 0.1) is 0 Å². The van der Waals surface area contributed by atoms with Crippen molar-refractivity contribution >= 4 is 9.84 Å². The second-order valence-electron chi connectivity index (χ2n) is 4.54. The molecule has 0 unspecified atom stereocenters. The Labute approximate surface area is 134 Å². The standard InChI is InChI=1S/C16H18O6S/c17-9-11-21-13-5-1-3-7-15(13)23(19,20)16-8-4-2-6-14(16)22-12-10-18/h1-8,17-18H,9-12H2. The number of aliphatic hydroxyl groups is 2. The van der Waals surface area contributed by atoms with Gasteiger partial charge < -0.3 is 19.7 Å². The number of sulfone groups is 1. The SMILES string of the molecule is O=S(=O)(c1ccccc1OCCO)c1ccccc1OCCO. The zero-order valence-electron chi connectivity index (χ0n) is 12.4. The van der Waals surface area contributed by atoms with E-state index in [-0.39, 0.29) is 47.7 Å². The topological polar surface area (TPSA) is 93.1 Å². The monoisotopic (exact) mass is 338 g/mol.